The van der Waals surface area contributed by atoms with E-state index in [1.165, 1.54) is 22.7 Å². The SMILES string of the molecule is N#CCSc1nc2ccccc2c(=O)n1-c1ncn[nH]1. The number of rotatable bonds is 3. The minimum Gasteiger partial charge on any atom is -0.268 e. The smallest absolute Gasteiger partial charge is 0.268 e. The number of hydrogen-bond donors (Lipinski definition) is 1. The van der Waals surface area contributed by atoms with Crippen LogP contribution in [0.3, 0.4) is 0 Å². The highest BCUT2D eigenvalue weighted by molar-refractivity contribution is 7.99. The molecule has 3 rings (SSSR count). The topological polar surface area (TPSA) is 100 Å². The maximum absolute atomic E-state index is 12.5. The number of hydrogen-bond acceptors (Lipinski definition) is 6. The van der Waals surface area contributed by atoms with Gasteiger partial charge in [-0.05, 0) is 12.1 Å². The lowest BCUT2D eigenvalue weighted by Gasteiger charge is -2.08. The van der Waals surface area contributed by atoms with E-state index < -0.39 is 0 Å². The van der Waals surface area contributed by atoms with E-state index in [1.807, 2.05) is 12.1 Å². The summed E-state index contributed by atoms with van der Waals surface area (Å²) in [6.45, 7) is 0. The predicted octanol–water partition coefficient (Wildman–Crippen LogP) is 1.12. The molecule has 0 spiro atoms. The van der Waals surface area contributed by atoms with Crippen LogP contribution in [-0.4, -0.2) is 30.5 Å². The third-order valence-corrected chi connectivity index (χ3v) is 3.43. The number of nitrogens with zero attached hydrogens (tertiary/aromatic N) is 5. The Labute approximate surface area is 117 Å². The molecule has 3 aromatic rings. The molecule has 2 aromatic heterocycles. The zero-order valence-electron chi connectivity index (χ0n) is 10.1. The molecular weight excluding hydrogens is 276 g/mol. The van der Waals surface area contributed by atoms with Crippen molar-refractivity contribution in [3.05, 3.63) is 40.9 Å². The van der Waals surface area contributed by atoms with Crippen LogP contribution in [0.2, 0.25) is 0 Å². The Morgan fingerprint density at radius 1 is 1.40 bits per heavy atom. The summed E-state index contributed by atoms with van der Waals surface area (Å²) in [6, 6.07) is 9.07. The Bertz CT molecular complexity index is 849. The van der Waals surface area contributed by atoms with Gasteiger partial charge in [0.25, 0.3) is 5.56 Å². The van der Waals surface area contributed by atoms with Crippen LogP contribution in [0, 0.1) is 11.3 Å². The van der Waals surface area contributed by atoms with Crippen LogP contribution < -0.4 is 5.56 Å². The Morgan fingerprint density at radius 3 is 3.00 bits per heavy atom. The van der Waals surface area contributed by atoms with Gasteiger partial charge in [-0.1, -0.05) is 23.9 Å². The van der Waals surface area contributed by atoms with Gasteiger partial charge in [0.05, 0.1) is 22.7 Å². The lowest BCUT2D eigenvalue weighted by atomic mass is 10.2. The zero-order chi connectivity index (χ0) is 13.9. The molecule has 0 fully saturated rings. The fourth-order valence-corrected chi connectivity index (χ4v) is 2.45. The lowest BCUT2D eigenvalue weighted by molar-refractivity contribution is 0.771. The molecule has 0 saturated heterocycles. The number of para-hydroxylation sites is 1. The largest absolute Gasteiger partial charge is 0.269 e. The second kappa shape index (κ2) is 5.14. The van der Waals surface area contributed by atoms with Gasteiger partial charge < -0.3 is 0 Å². The van der Waals surface area contributed by atoms with E-state index in [-0.39, 0.29) is 17.3 Å². The summed E-state index contributed by atoms with van der Waals surface area (Å²) in [4.78, 5) is 20.9. The zero-order valence-corrected chi connectivity index (χ0v) is 11.0. The van der Waals surface area contributed by atoms with Crippen LogP contribution in [0.5, 0.6) is 0 Å². The van der Waals surface area contributed by atoms with Gasteiger partial charge in [-0.3, -0.25) is 4.79 Å². The first-order valence-corrected chi connectivity index (χ1v) is 6.67. The second-order valence-corrected chi connectivity index (χ2v) is 4.75. The quantitative estimate of drug-likeness (QED) is 0.571. The van der Waals surface area contributed by atoms with Gasteiger partial charge in [0.15, 0.2) is 5.16 Å². The maximum atomic E-state index is 12.5. The number of aromatic amines is 1. The van der Waals surface area contributed by atoms with Crippen LogP contribution in [0.25, 0.3) is 16.9 Å². The monoisotopic (exact) mass is 284 g/mol. The van der Waals surface area contributed by atoms with E-state index in [9.17, 15) is 4.79 Å². The van der Waals surface area contributed by atoms with Gasteiger partial charge in [-0.2, -0.15) is 15.3 Å². The van der Waals surface area contributed by atoms with E-state index >= 15 is 0 Å². The number of thioether (sulfide) groups is 1. The molecule has 8 heteroatoms. The molecule has 0 radical (unpaired) electrons. The van der Waals surface area contributed by atoms with E-state index in [0.29, 0.717) is 16.1 Å². The van der Waals surface area contributed by atoms with Gasteiger partial charge in [0.1, 0.15) is 6.33 Å². The Morgan fingerprint density at radius 2 is 2.25 bits per heavy atom. The molecule has 0 bridgehead atoms. The lowest BCUT2D eigenvalue weighted by Crippen LogP contribution is -2.22. The van der Waals surface area contributed by atoms with Crippen molar-refractivity contribution in [2.45, 2.75) is 5.16 Å². The second-order valence-electron chi connectivity index (χ2n) is 3.81. The van der Waals surface area contributed by atoms with Crippen molar-refractivity contribution in [1.29, 1.82) is 5.26 Å². The maximum Gasteiger partial charge on any atom is 0.269 e. The first-order valence-electron chi connectivity index (χ1n) is 5.68. The van der Waals surface area contributed by atoms with Crippen molar-refractivity contribution >= 4 is 22.7 Å². The molecule has 2 heterocycles. The number of benzene rings is 1. The summed E-state index contributed by atoms with van der Waals surface area (Å²) < 4.78 is 1.33. The molecule has 0 aliphatic carbocycles. The van der Waals surface area contributed by atoms with E-state index in [4.69, 9.17) is 5.26 Å². The van der Waals surface area contributed by atoms with Gasteiger partial charge in [0.2, 0.25) is 5.95 Å². The number of aromatic nitrogens is 5. The molecule has 20 heavy (non-hydrogen) atoms. The molecule has 0 atom stereocenters. The van der Waals surface area contributed by atoms with Crippen molar-refractivity contribution in [2.75, 3.05) is 5.75 Å². The predicted molar refractivity (Wildman–Crippen MR) is 73.6 cm³/mol. The van der Waals surface area contributed by atoms with E-state index in [2.05, 4.69) is 20.2 Å². The average Bonchev–Trinajstić information content (AvgIpc) is 2.99. The van der Waals surface area contributed by atoms with Crippen molar-refractivity contribution in [2.24, 2.45) is 0 Å². The third kappa shape index (κ3) is 2.04. The van der Waals surface area contributed by atoms with Crippen LogP contribution in [0.15, 0.2) is 40.5 Å². The molecule has 0 saturated carbocycles. The molecule has 1 N–H and O–H groups in total. The van der Waals surface area contributed by atoms with Crippen LogP contribution in [-0.2, 0) is 0 Å². The van der Waals surface area contributed by atoms with Gasteiger partial charge in [-0.25, -0.2) is 14.6 Å². The molecule has 0 aliphatic heterocycles. The van der Waals surface area contributed by atoms with Crippen LogP contribution >= 0.6 is 11.8 Å². The van der Waals surface area contributed by atoms with Gasteiger partial charge in [-0.15, -0.1) is 0 Å². The Hall–Kier alpha value is -2.66. The van der Waals surface area contributed by atoms with E-state index in [0.717, 1.165) is 0 Å². The summed E-state index contributed by atoms with van der Waals surface area (Å²) in [5.74, 6) is 0.479. The molecule has 1 aromatic carbocycles. The van der Waals surface area contributed by atoms with Gasteiger partial charge in [0, 0.05) is 0 Å². The third-order valence-electron chi connectivity index (χ3n) is 2.62. The standard InChI is InChI=1S/C12H8N6OS/c13-5-6-20-12-16-9-4-2-1-3-8(9)10(19)18(12)11-14-7-15-17-11/h1-4,7H,6H2,(H,14,15,17). The Kier molecular flexibility index (Phi) is 3.18. The molecule has 0 amide bonds. The van der Waals surface area contributed by atoms with Crippen LogP contribution in [0.4, 0.5) is 0 Å². The highest BCUT2D eigenvalue weighted by atomic mass is 32.2. The minimum absolute atomic E-state index is 0.193. The molecule has 0 aliphatic rings. The first-order chi connectivity index (χ1) is 9.81. The summed E-state index contributed by atoms with van der Waals surface area (Å²) in [5.41, 5.74) is 0.349. The fraction of sp³-hybridized carbons (Fsp3) is 0.0833. The van der Waals surface area contributed by atoms with Crippen LogP contribution in [0.1, 0.15) is 0 Å². The molecule has 7 nitrogen and oxygen atoms in total. The molecule has 0 unspecified atom stereocenters. The summed E-state index contributed by atoms with van der Waals surface area (Å²) in [6.07, 6.45) is 1.32. The molecular formula is C12H8N6OS. The van der Waals surface area contributed by atoms with Crippen molar-refractivity contribution in [3.8, 4) is 12.0 Å². The molecule has 98 valence electrons. The first kappa shape index (κ1) is 12.4. The highest BCUT2D eigenvalue weighted by Crippen LogP contribution is 2.18. The Balaban J connectivity index is 2.32. The van der Waals surface area contributed by atoms with Crippen molar-refractivity contribution in [1.82, 2.24) is 24.7 Å². The van der Waals surface area contributed by atoms with Crippen molar-refractivity contribution in [3.63, 3.8) is 0 Å². The highest BCUT2D eigenvalue weighted by Gasteiger charge is 2.14. The number of fused-ring (bicyclic) bond motifs is 1. The summed E-state index contributed by atoms with van der Waals surface area (Å²) >= 11 is 1.18. The van der Waals surface area contributed by atoms with Gasteiger partial charge >= 0.3 is 0 Å². The normalized spacial score (nSPS) is 10.6. The average molecular weight is 284 g/mol. The number of nitriles is 1. The van der Waals surface area contributed by atoms with E-state index in [1.54, 1.807) is 18.2 Å². The van der Waals surface area contributed by atoms with Crippen molar-refractivity contribution < 1.29 is 0 Å². The number of nitrogens with one attached hydrogen (secondary N) is 1. The fourth-order valence-electron chi connectivity index (χ4n) is 1.80. The summed E-state index contributed by atoms with van der Waals surface area (Å²) in [5, 5.41) is 16.0. The number of H-pyrrole nitrogens is 1. The minimum atomic E-state index is -0.243. The summed E-state index contributed by atoms with van der Waals surface area (Å²) in [7, 11) is 0.